The summed E-state index contributed by atoms with van der Waals surface area (Å²) in [6.07, 6.45) is 1.48. The van der Waals surface area contributed by atoms with Crippen LogP contribution in [0, 0.1) is 5.92 Å². The lowest BCUT2D eigenvalue weighted by atomic mass is 10.0. The van der Waals surface area contributed by atoms with E-state index in [0.717, 1.165) is 18.6 Å². The molecule has 0 spiro atoms. The van der Waals surface area contributed by atoms with Crippen molar-refractivity contribution in [3.63, 3.8) is 0 Å². The van der Waals surface area contributed by atoms with Crippen molar-refractivity contribution >= 4 is 6.03 Å². The summed E-state index contributed by atoms with van der Waals surface area (Å²) >= 11 is 0. The van der Waals surface area contributed by atoms with Gasteiger partial charge >= 0.3 is 6.03 Å². The van der Waals surface area contributed by atoms with Crippen LogP contribution in [0.2, 0.25) is 0 Å². The minimum atomic E-state index is -0.197. The summed E-state index contributed by atoms with van der Waals surface area (Å²) in [5.74, 6) is 0.378. The van der Waals surface area contributed by atoms with Crippen LogP contribution in [-0.4, -0.2) is 37.0 Å². The van der Waals surface area contributed by atoms with E-state index in [1.54, 1.807) is 0 Å². The Labute approximate surface area is 125 Å². The van der Waals surface area contributed by atoms with Crippen LogP contribution in [0.15, 0.2) is 30.3 Å². The quantitative estimate of drug-likeness (QED) is 0.749. The van der Waals surface area contributed by atoms with Gasteiger partial charge in [0.25, 0.3) is 0 Å². The molecule has 3 atom stereocenters. The van der Waals surface area contributed by atoms with Crippen molar-refractivity contribution in [2.45, 2.75) is 31.8 Å². The molecule has 2 rings (SSSR count). The average molecular weight is 292 g/mol. The Bertz CT molecular complexity index is 432. The zero-order valence-corrected chi connectivity index (χ0v) is 12.4. The van der Waals surface area contributed by atoms with Crippen LogP contribution in [0.25, 0.3) is 0 Å². The first kappa shape index (κ1) is 15.8. The first-order valence-electron chi connectivity index (χ1n) is 7.51. The number of hydrogen-bond donors (Lipinski definition) is 3. The Morgan fingerprint density at radius 1 is 1.38 bits per heavy atom. The molecular formula is C16H24N2O3. The summed E-state index contributed by atoms with van der Waals surface area (Å²) in [5, 5.41) is 15.1. The lowest BCUT2D eigenvalue weighted by Crippen LogP contribution is -2.45. The number of nitrogens with one attached hydrogen (secondary N) is 2. The number of urea groups is 1. The number of rotatable bonds is 6. The minimum absolute atomic E-state index is 0.0336. The first-order chi connectivity index (χ1) is 10.2. The smallest absolute Gasteiger partial charge is 0.315 e. The molecule has 1 aromatic rings. The van der Waals surface area contributed by atoms with Crippen LogP contribution < -0.4 is 10.6 Å². The summed E-state index contributed by atoms with van der Waals surface area (Å²) in [7, 11) is 0. The number of benzene rings is 1. The van der Waals surface area contributed by atoms with Gasteiger partial charge in [-0.1, -0.05) is 30.3 Å². The maximum atomic E-state index is 12.1. The fraction of sp³-hybridized carbons (Fsp3) is 0.562. The summed E-state index contributed by atoms with van der Waals surface area (Å²) in [6.45, 7) is 3.52. The molecule has 1 aromatic carbocycles. The van der Waals surface area contributed by atoms with Gasteiger partial charge in [-0.25, -0.2) is 4.79 Å². The van der Waals surface area contributed by atoms with Gasteiger partial charge in [0.15, 0.2) is 0 Å². The normalized spacial score (nSPS) is 20.8. The molecule has 0 bridgehead atoms. The second-order valence-corrected chi connectivity index (χ2v) is 5.51. The van der Waals surface area contributed by atoms with E-state index < -0.39 is 0 Å². The Morgan fingerprint density at radius 2 is 2.14 bits per heavy atom. The molecular weight excluding hydrogens is 268 g/mol. The summed E-state index contributed by atoms with van der Waals surface area (Å²) < 4.78 is 5.34. The highest BCUT2D eigenvalue weighted by molar-refractivity contribution is 5.74. The van der Waals surface area contributed by atoms with E-state index >= 15 is 0 Å². The van der Waals surface area contributed by atoms with Gasteiger partial charge in [-0.2, -0.15) is 0 Å². The zero-order chi connectivity index (χ0) is 15.1. The Morgan fingerprint density at radius 3 is 2.76 bits per heavy atom. The molecule has 1 aliphatic heterocycles. The van der Waals surface area contributed by atoms with E-state index in [1.807, 2.05) is 37.3 Å². The van der Waals surface area contributed by atoms with Gasteiger partial charge in [0.05, 0.1) is 12.6 Å². The van der Waals surface area contributed by atoms with Gasteiger partial charge in [0.1, 0.15) is 0 Å². The molecule has 116 valence electrons. The first-order valence-corrected chi connectivity index (χ1v) is 7.51. The third-order valence-electron chi connectivity index (χ3n) is 3.96. The SMILES string of the molecule is CC(NC(=O)N[C@H](CCO)c1ccccc1)C1CCOC1. The molecule has 1 fully saturated rings. The van der Waals surface area contributed by atoms with Gasteiger partial charge in [-0.05, 0) is 25.3 Å². The van der Waals surface area contributed by atoms with Gasteiger partial charge in [0, 0.05) is 25.2 Å². The van der Waals surface area contributed by atoms with Gasteiger partial charge in [-0.3, -0.25) is 0 Å². The van der Waals surface area contributed by atoms with E-state index in [2.05, 4.69) is 10.6 Å². The third-order valence-corrected chi connectivity index (χ3v) is 3.96. The number of carbonyl (C=O) groups is 1. The molecule has 1 heterocycles. The lowest BCUT2D eigenvalue weighted by Gasteiger charge is -2.23. The van der Waals surface area contributed by atoms with Gasteiger partial charge in [0.2, 0.25) is 0 Å². The van der Waals surface area contributed by atoms with Gasteiger partial charge in [-0.15, -0.1) is 0 Å². The Balaban J connectivity index is 1.89. The summed E-state index contributed by atoms with van der Waals surface area (Å²) in [6, 6.07) is 9.40. The van der Waals surface area contributed by atoms with Crippen molar-refractivity contribution < 1.29 is 14.6 Å². The third kappa shape index (κ3) is 4.72. The van der Waals surface area contributed by atoms with E-state index in [9.17, 15) is 9.90 Å². The maximum Gasteiger partial charge on any atom is 0.315 e. The van der Waals surface area contributed by atoms with Gasteiger partial charge < -0.3 is 20.5 Å². The van der Waals surface area contributed by atoms with E-state index in [0.29, 0.717) is 18.9 Å². The molecule has 2 amide bonds. The van der Waals surface area contributed by atoms with E-state index in [-0.39, 0.29) is 24.7 Å². The topological polar surface area (TPSA) is 70.6 Å². The van der Waals surface area contributed by atoms with Crippen LogP contribution in [0.3, 0.4) is 0 Å². The fourth-order valence-corrected chi connectivity index (χ4v) is 2.61. The molecule has 1 saturated heterocycles. The largest absolute Gasteiger partial charge is 0.396 e. The highest BCUT2D eigenvalue weighted by Gasteiger charge is 2.24. The predicted octanol–water partition coefficient (Wildman–Crippen LogP) is 1.83. The molecule has 5 heteroatoms. The molecule has 5 nitrogen and oxygen atoms in total. The second kappa shape index (κ2) is 8.00. The number of aliphatic hydroxyl groups is 1. The van der Waals surface area contributed by atoms with Crippen molar-refractivity contribution in [2.75, 3.05) is 19.8 Å². The lowest BCUT2D eigenvalue weighted by molar-refractivity contribution is 0.177. The van der Waals surface area contributed by atoms with E-state index in [1.165, 1.54) is 0 Å². The number of carbonyl (C=O) groups excluding carboxylic acids is 1. The number of hydrogen-bond acceptors (Lipinski definition) is 3. The van der Waals surface area contributed by atoms with E-state index in [4.69, 9.17) is 4.74 Å². The molecule has 0 radical (unpaired) electrons. The number of aliphatic hydroxyl groups excluding tert-OH is 1. The summed E-state index contributed by atoms with van der Waals surface area (Å²) in [4.78, 5) is 12.1. The molecule has 21 heavy (non-hydrogen) atoms. The maximum absolute atomic E-state index is 12.1. The monoisotopic (exact) mass is 292 g/mol. The molecule has 3 N–H and O–H groups in total. The Kier molecular flexibility index (Phi) is 6.02. The second-order valence-electron chi connectivity index (χ2n) is 5.51. The van der Waals surface area contributed by atoms with Crippen LogP contribution in [0.5, 0.6) is 0 Å². The van der Waals surface area contributed by atoms with Crippen LogP contribution in [0.1, 0.15) is 31.4 Å². The summed E-state index contributed by atoms with van der Waals surface area (Å²) in [5.41, 5.74) is 0.999. The van der Waals surface area contributed by atoms with Crippen LogP contribution >= 0.6 is 0 Å². The van der Waals surface area contributed by atoms with Crippen molar-refractivity contribution in [3.05, 3.63) is 35.9 Å². The fourth-order valence-electron chi connectivity index (χ4n) is 2.61. The molecule has 1 aliphatic rings. The average Bonchev–Trinajstić information content (AvgIpc) is 3.02. The molecule has 0 aromatic heterocycles. The van der Waals surface area contributed by atoms with Crippen LogP contribution in [0.4, 0.5) is 4.79 Å². The minimum Gasteiger partial charge on any atom is -0.396 e. The van der Waals surface area contributed by atoms with Crippen molar-refractivity contribution in [1.29, 1.82) is 0 Å². The molecule has 0 saturated carbocycles. The highest BCUT2D eigenvalue weighted by atomic mass is 16.5. The predicted molar refractivity (Wildman–Crippen MR) is 80.9 cm³/mol. The molecule has 0 aliphatic carbocycles. The zero-order valence-electron chi connectivity index (χ0n) is 12.4. The molecule has 2 unspecified atom stereocenters. The van der Waals surface area contributed by atoms with Crippen LogP contribution in [-0.2, 0) is 4.74 Å². The van der Waals surface area contributed by atoms with Crippen molar-refractivity contribution in [3.8, 4) is 0 Å². The number of ether oxygens (including phenoxy) is 1. The highest BCUT2D eigenvalue weighted by Crippen LogP contribution is 2.18. The van der Waals surface area contributed by atoms with Crippen molar-refractivity contribution in [2.24, 2.45) is 5.92 Å². The standard InChI is InChI=1S/C16H24N2O3/c1-12(14-8-10-21-11-14)17-16(20)18-15(7-9-19)13-5-3-2-4-6-13/h2-6,12,14-15,19H,7-11H2,1H3,(H2,17,18,20)/t12?,14?,15-/m1/s1. The Hall–Kier alpha value is -1.59. The van der Waals surface area contributed by atoms with Crippen molar-refractivity contribution in [1.82, 2.24) is 10.6 Å². The number of amides is 2.